The van der Waals surface area contributed by atoms with E-state index < -0.39 is 0 Å². The van der Waals surface area contributed by atoms with Gasteiger partial charge in [0.2, 0.25) is 0 Å². The topological polar surface area (TPSA) is 0 Å². The number of rotatable bonds is 12. The Morgan fingerprint density at radius 3 is 1.55 bits per heavy atom. The molecule has 0 aliphatic heterocycles. The summed E-state index contributed by atoms with van der Waals surface area (Å²) in [6.07, 6.45) is 19.3. The molecule has 0 aromatic carbocycles. The molecule has 0 nitrogen and oxygen atoms in total. The predicted octanol–water partition coefficient (Wildman–Crippen LogP) is 8.51. The van der Waals surface area contributed by atoms with Crippen molar-refractivity contribution in [1.29, 1.82) is 0 Å². The van der Waals surface area contributed by atoms with Gasteiger partial charge in [-0.3, -0.25) is 0 Å². The number of hydrogen-bond donors (Lipinski definition) is 0. The highest BCUT2D eigenvalue weighted by Gasteiger charge is 1.92. The van der Waals surface area contributed by atoms with Gasteiger partial charge in [0.15, 0.2) is 0 Å². The third kappa shape index (κ3) is 26.9. The van der Waals surface area contributed by atoms with Crippen LogP contribution in [0.2, 0.25) is 0 Å². The summed E-state index contributed by atoms with van der Waals surface area (Å²) in [4.78, 5) is 1.56. The molecule has 0 atom stereocenters. The van der Waals surface area contributed by atoms with Gasteiger partial charge in [0.1, 0.15) is 0 Å². The molecule has 0 aromatic rings. The summed E-state index contributed by atoms with van der Waals surface area (Å²) < 4.78 is 1.28. The molecule has 20 heavy (non-hydrogen) atoms. The zero-order valence-corrected chi connectivity index (χ0v) is 16.8. The van der Waals surface area contributed by atoms with Crippen LogP contribution in [0, 0.1) is 0 Å². The first-order valence-electron chi connectivity index (χ1n) is 8.22. The highest BCUT2D eigenvalue weighted by Crippen LogP contribution is 2.13. The van der Waals surface area contributed by atoms with Crippen LogP contribution >= 0.6 is 31.9 Å². The second-order valence-electron chi connectivity index (χ2n) is 5.27. The van der Waals surface area contributed by atoms with Crippen LogP contribution in [0.3, 0.4) is 0 Å². The minimum atomic E-state index is 1.24. The fourth-order valence-corrected chi connectivity index (χ4v) is 2.34. The fraction of sp³-hybridized carbons (Fsp3) is 0.778. The van der Waals surface area contributed by atoms with Crippen molar-refractivity contribution in [3.05, 3.63) is 22.1 Å². The summed E-state index contributed by atoms with van der Waals surface area (Å²) in [7, 11) is 0. The number of unbranched alkanes of at least 4 members (excludes halogenated alkanes) is 11. The van der Waals surface area contributed by atoms with Crippen molar-refractivity contribution in [2.75, 3.05) is 0 Å². The zero-order valence-electron chi connectivity index (χ0n) is 13.6. The Morgan fingerprint density at radius 2 is 1.20 bits per heavy atom. The zero-order chi connectivity index (χ0) is 15.5. The molecule has 0 N–H and O–H groups in total. The largest absolute Gasteiger partial charge is 0.0921 e. The molecule has 2 heteroatoms. The van der Waals surface area contributed by atoms with E-state index in [0.29, 0.717) is 0 Å². The summed E-state index contributed by atoms with van der Waals surface area (Å²) in [5.74, 6) is 0. The Labute approximate surface area is 144 Å². The first kappa shape index (κ1) is 22.7. The lowest BCUT2D eigenvalue weighted by molar-refractivity contribution is 0.550. The monoisotopic (exact) mass is 408 g/mol. The molecular weight excluding hydrogens is 376 g/mol. The number of hydrogen-bond acceptors (Lipinski definition) is 0. The Balaban J connectivity index is 0. The third-order valence-corrected chi connectivity index (χ3v) is 3.56. The molecule has 0 aliphatic rings. The van der Waals surface area contributed by atoms with Crippen molar-refractivity contribution in [3.8, 4) is 0 Å². The van der Waals surface area contributed by atoms with E-state index in [1.54, 1.807) is 4.99 Å². The van der Waals surface area contributed by atoms with Gasteiger partial charge in [-0.1, -0.05) is 116 Å². The maximum atomic E-state index is 3.46. The van der Waals surface area contributed by atoms with Gasteiger partial charge in [-0.2, -0.15) is 0 Å². The van der Waals surface area contributed by atoms with Crippen molar-refractivity contribution < 1.29 is 0 Å². The Bertz CT molecular complexity index is 205. The first-order chi connectivity index (χ1) is 9.68. The SMILES string of the molecule is C=CBr.CCCCCCCCCCCCCC=C(C)Br. The van der Waals surface area contributed by atoms with E-state index >= 15 is 0 Å². The maximum Gasteiger partial charge on any atom is -0.0120 e. The van der Waals surface area contributed by atoms with E-state index in [0.717, 1.165) is 0 Å². The van der Waals surface area contributed by atoms with Crippen molar-refractivity contribution in [2.24, 2.45) is 0 Å². The second kappa shape index (κ2) is 21.7. The molecule has 0 rings (SSSR count). The van der Waals surface area contributed by atoms with Crippen molar-refractivity contribution in [3.63, 3.8) is 0 Å². The third-order valence-electron chi connectivity index (χ3n) is 3.23. The van der Waals surface area contributed by atoms with Gasteiger partial charge < -0.3 is 0 Å². The Kier molecular flexibility index (Phi) is 24.7. The van der Waals surface area contributed by atoms with Crippen LogP contribution in [0.1, 0.15) is 90.9 Å². The van der Waals surface area contributed by atoms with Crippen molar-refractivity contribution in [2.45, 2.75) is 90.9 Å². The highest BCUT2D eigenvalue weighted by molar-refractivity contribution is 9.11. The van der Waals surface area contributed by atoms with Gasteiger partial charge in [0.25, 0.3) is 0 Å². The van der Waals surface area contributed by atoms with Crippen LogP contribution in [-0.4, -0.2) is 0 Å². The van der Waals surface area contributed by atoms with Crippen LogP contribution in [0.4, 0.5) is 0 Å². The molecule has 120 valence electrons. The van der Waals surface area contributed by atoms with Gasteiger partial charge in [0.05, 0.1) is 0 Å². The second-order valence-corrected chi connectivity index (χ2v) is 7.17. The molecule has 0 saturated heterocycles. The van der Waals surface area contributed by atoms with Crippen LogP contribution < -0.4 is 0 Å². The lowest BCUT2D eigenvalue weighted by Crippen LogP contribution is -1.82. The van der Waals surface area contributed by atoms with Gasteiger partial charge >= 0.3 is 0 Å². The van der Waals surface area contributed by atoms with Gasteiger partial charge in [-0.25, -0.2) is 0 Å². The Hall–Kier alpha value is 0.440. The molecule has 0 bridgehead atoms. The van der Waals surface area contributed by atoms with E-state index in [9.17, 15) is 0 Å². The molecule has 0 aromatic heterocycles. The molecule has 0 radical (unpaired) electrons. The normalized spacial score (nSPS) is 10.9. The van der Waals surface area contributed by atoms with Crippen molar-refractivity contribution >= 4 is 31.9 Å². The van der Waals surface area contributed by atoms with Gasteiger partial charge in [-0.15, -0.1) is 0 Å². The average Bonchev–Trinajstić information content (AvgIpc) is 2.40. The summed E-state index contributed by atoms with van der Waals surface area (Å²) in [6.45, 7) is 7.67. The fourth-order valence-electron chi connectivity index (χ4n) is 2.11. The van der Waals surface area contributed by atoms with E-state index in [-0.39, 0.29) is 0 Å². The van der Waals surface area contributed by atoms with Crippen LogP contribution in [0.25, 0.3) is 0 Å². The molecule has 0 unspecified atom stereocenters. The number of halogens is 2. The summed E-state index contributed by atoms with van der Waals surface area (Å²) in [5.41, 5.74) is 0. The number of allylic oxidation sites excluding steroid dienone is 2. The molecule has 0 heterocycles. The first-order valence-corrected chi connectivity index (χ1v) is 9.93. The minimum Gasteiger partial charge on any atom is -0.0921 e. The lowest BCUT2D eigenvalue weighted by Gasteiger charge is -2.01. The Morgan fingerprint density at radius 1 is 0.850 bits per heavy atom. The van der Waals surface area contributed by atoms with Crippen molar-refractivity contribution in [1.82, 2.24) is 0 Å². The van der Waals surface area contributed by atoms with Crippen LogP contribution in [0.5, 0.6) is 0 Å². The summed E-state index contributed by atoms with van der Waals surface area (Å²) in [5, 5.41) is 0. The standard InChI is InChI=1S/C16H31Br.C2H3Br/c1-3-4-5-6-7-8-9-10-11-12-13-14-15-16(2)17;1-2-3/h15H,3-14H2,1-2H3;2H,1H2. The molecule has 0 fully saturated rings. The van der Waals surface area contributed by atoms with Gasteiger partial charge in [-0.05, 0) is 29.2 Å². The summed E-state index contributed by atoms with van der Waals surface area (Å²) in [6, 6.07) is 0. The van der Waals surface area contributed by atoms with E-state index in [1.807, 2.05) is 0 Å². The minimum absolute atomic E-state index is 1.24. The molecule has 0 spiro atoms. The average molecular weight is 410 g/mol. The quantitative estimate of drug-likeness (QED) is 0.283. The van der Waals surface area contributed by atoms with Crippen LogP contribution in [-0.2, 0) is 0 Å². The smallest absolute Gasteiger partial charge is 0.0120 e. The molecule has 0 amide bonds. The highest BCUT2D eigenvalue weighted by atomic mass is 79.9. The maximum absolute atomic E-state index is 3.46. The lowest BCUT2D eigenvalue weighted by atomic mass is 10.1. The van der Waals surface area contributed by atoms with E-state index in [1.165, 1.54) is 81.5 Å². The predicted molar refractivity (Wildman–Crippen MR) is 103 cm³/mol. The molecule has 0 saturated carbocycles. The molecule has 0 aliphatic carbocycles. The van der Waals surface area contributed by atoms with E-state index in [4.69, 9.17) is 0 Å². The van der Waals surface area contributed by atoms with Crippen LogP contribution in [0.15, 0.2) is 22.1 Å². The van der Waals surface area contributed by atoms with Gasteiger partial charge in [0, 0.05) is 0 Å². The molecular formula is C18H34Br2. The summed E-state index contributed by atoms with van der Waals surface area (Å²) >= 11 is 6.37. The van der Waals surface area contributed by atoms with E-state index in [2.05, 4.69) is 58.4 Å².